The maximum Gasteiger partial charge on any atom is 0.223 e. The minimum absolute atomic E-state index is 0.329. The molecule has 138 valence electrons. The van der Waals surface area contributed by atoms with Gasteiger partial charge in [0.2, 0.25) is 5.91 Å². The summed E-state index contributed by atoms with van der Waals surface area (Å²) < 4.78 is 0. The zero-order valence-corrected chi connectivity index (χ0v) is 16.0. The standard InChI is InChI=1S/C21H27N3OS/c25-21(8-7-17-4-1-10-22-14-17)24-11-2-5-18-15-23(12-9-20(18)24)16-19-6-3-13-26-19/h1,3-4,6,10,13-14,18,20H,2,5,7-9,11-12,15-16H2/t18-,20-/m1/s1. The lowest BCUT2D eigenvalue weighted by Crippen LogP contribution is -2.55. The van der Waals surface area contributed by atoms with Crippen molar-refractivity contribution >= 4 is 17.2 Å². The summed E-state index contributed by atoms with van der Waals surface area (Å²) in [6, 6.07) is 8.81. The summed E-state index contributed by atoms with van der Waals surface area (Å²) in [5, 5.41) is 2.16. The first-order valence-corrected chi connectivity index (χ1v) is 10.6. The first kappa shape index (κ1) is 17.7. The molecule has 4 rings (SSSR count). The SMILES string of the molecule is O=C(CCc1cccnc1)N1CCC[C@@H]2CN(Cc3cccs3)CC[C@H]21. The van der Waals surface area contributed by atoms with Crippen molar-refractivity contribution in [3.8, 4) is 0 Å². The molecule has 4 heterocycles. The fourth-order valence-corrected chi connectivity index (χ4v) is 5.24. The average Bonchev–Trinajstić information content (AvgIpc) is 3.19. The quantitative estimate of drug-likeness (QED) is 0.808. The normalized spacial score (nSPS) is 23.6. The van der Waals surface area contributed by atoms with E-state index in [1.54, 1.807) is 6.20 Å². The highest BCUT2D eigenvalue weighted by Crippen LogP contribution is 2.32. The van der Waals surface area contributed by atoms with E-state index in [9.17, 15) is 4.79 Å². The van der Waals surface area contributed by atoms with E-state index in [1.165, 1.54) is 11.3 Å². The molecule has 5 heteroatoms. The van der Waals surface area contributed by atoms with Gasteiger partial charge >= 0.3 is 0 Å². The number of amides is 1. The Hall–Kier alpha value is -1.72. The molecule has 0 bridgehead atoms. The summed E-state index contributed by atoms with van der Waals surface area (Å²) in [6.45, 7) is 4.24. The molecule has 2 aromatic heterocycles. The van der Waals surface area contributed by atoms with Gasteiger partial charge in [0.1, 0.15) is 0 Å². The molecule has 0 saturated carbocycles. The van der Waals surface area contributed by atoms with Crippen LogP contribution in [-0.4, -0.2) is 46.4 Å². The van der Waals surface area contributed by atoms with Crippen LogP contribution < -0.4 is 0 Å². The summed E-state index contributed by atoms with van der Waals surface area (Å²) in [7, 11) is 0. The molecule has 2 atom stereocenters. The third-order valence-electron chi connectivity index (χ3n) is 5.78. The van der Waals surface area contributed by atoms with Gasteiger partial charge in [-0.05, 0) is 54.7 Å². The van der Waals surface area contributed by atoms with Crippen LogP contribution in [0.5, 0.6) is 0 Å². The monoisotopic (exact) mass is 369 g/mol. The lowest BCUT2D eigenvalue weighted by Gasteiger charge is -2.47. The van der Waals surface area contributed by atoms with Crippen LogP contribution in [0, 0.1) is 5.92 Å². The smallest absolute Gasteiger partial charge is 0.223 e. The van der Waals surface area contributed by atoms with Gasteiger partial charge in [0.25, 0.3) is 0 Å². The van der Waals surface area contributed by atoms with E-state index in [1.807, 2.05) is 23.6 Å². The van der Waals surface area contributed by atoms with Crippen molar-refractivity contribution in [2.24, 2.45) is 5.92 Å². The third-order valence-corrected chi connectivity index (χ3v) is 6.64. The molecule has 2 fully saturated rings. The molecule has 4 nitrogen and oxygen atoms in total. The van der Waals surface area contributed by atoms with E-state index in [2.05, 4.69) is 38.4 Å². The molecule has 0 radical (unpaired) electrons. The van der Waals surface area contributed by atoms with E-state index in [4.69, 9.17) is 0 Å². The van der Waals surface area contributed by atoms with Crippen molar-refractivity contribution in [2.75, 3.05) is 19.6 Å². The molecule has 0 aliphatic carbocycles. The minimum atomic E-state index is 0.329. The minimum Gasteiger partial charge on any atom is -0.339 e. The van der Waals surface area contributed by atoms with Crippen LogP contribution in [0.3, 0.4) is 0 Å². The Kier molecular flexibility index (Phi) is 5.65. The topological polar surface area (TPSA) is 36.4 Å². The second-order valence-electron chi connectivity index (χ2n) is 7.52. The number of aryl methyl sites for hydroxylation is 1. The van der Waals surface area contributed by atoms with Crippen LogP contribution in [0.2, 0.25) is 0 Å². The van der Waals surface area contributed by atoms with E-state index in [0.29, 0.717) is 24.3 Å². The predicted octanol–water partition coefficient (Wildman–Crippen LogP) is 3.59. The summed E-state index contributed by atoms with van der Waals surface area (Å²) >= 11 is 1.84. The van der Waals surface area contributed by atoms with E-state index < -0.39 is 0 Å². The van der Waals surface area contributed by atoms with E-state index in [-0.39, 0.29) is 0 Å². The number of rotatable bonds is 5. The fraction of sp³-hybridized carbons (Fsp3) is 0.524. The zero-order chi connectivity index (χ0) is 17.8. The number of likely N-dealkylation sites (tertiary alicyclic amines) is 2. The Balaban J connectivity index is 1.33. The Morgan fingerprint density at radius 1 is 1.23 bits per heavy atom. The second kappa shape index (κ2) is 8.31. The van der Waals surface area contributed by atoms with Gasteiger partial charge in [-0.3, -0.25) is 14.7 Å². The summed E-state index contributed by atoms with van der Waals surface area (Å²) in [5.41, 5.74) is 1.15. The van der Waals surface area contributed by atoms with Gasteiger partial charge in [-0.25, -0.2) is 0 Å². The van der Waals surface area contributed by atoms with Crippen LogP contribution in [0.15, 0.2) is 42.0 Å². The largest absolute Gasteiger partial charge is 0.339 e. The first-order valence-electron chi connectivity index (χ1n) is 9.73. The molecule has 0 unspecified atom stereocenters. The van der Waals surface area contributed by atoms with Gasteiger partial charge in [-0.1, -0.05) is 12.1 Å². The number of hydrogen-bond acceptors (Lipinski definition) is 4. The van der Waals surface area contributed by atoms with E-state index >= 15 is 0 Å². The molecule has 26 heavy (non-hydrogen) atoms. The average molecular weight is 370 g/mol. The van der Waals surface area contributed by atoms with Gasteiger partial charge in [0, 0.05) is 55.9 Å². The van der Waals surface area contributed by atoms with Crippen molar-refractivity contribution in [3.63, 3.8) is 0 Å². The highest BCUT2D eigenvalue weighted by molar-refractivity contribution is 7.09. The number of carbonyl (C=O) groups excluding carboxylic acids is 1. The summed E-state index contributed by atoms with van der Waals surface area (Å²) in [5.74, 6) is 0.968. The summed E-state index contributed by atoms with van der Waals surface area (Å²) in [4.78, 5) is 23.2. The molecule has 0 spiro atoms. The van der Waals surface area contributed by atoms with Gasteiger partial charge in [0.05, 0.1) is 0 Å². The van der Waals surface area contributed by atoms with Gasteiger partial charge in [0.15, 0.2) is 0 Å². The van der Waals surface area contributed by atoms with Crippen molar-refractivity contribution in [3.05, 3.63) is 52.5 Å². The maximum atomic E-state index is 12.9. The highest BCUT2D eigenvalue weighted by atomic mass is 32.1. The lowest BCUT2D eigenvalue weighted by molar-refractivity contribution is -0.138. The Morgan fingerprint density at radius 2 is 2.19 bits per heavy atom. The molecule has 0 aromatic carbocycles. The predicted molar refractivity (Wildman–Crippen MR) is 105 cm³/mol. The van der Waals surface area contributed by atoms with Crippen molar-refractivity contribution in [2.45, 2.75) is 44.7 Å². The van der Waals surface area contributed by atoms with Crippen LogP contribution in [0.4, 0.5) is 0 Å². The van der Waals surface area contributed by atoms with Crippen LogP contribution >= 0.6 is 11.3 Å². The number of carbonyl (C=O) groups is 1. The number of piperidine rings is 2. The number of nitrogens with zero attached hydrogens (tertiary/aromatic N) is 3. The van der Waals surface area contributed by atoms with Gasteiger partial charge in [-0.15, -0.1) is 11.3 Å². The molecular weight excluding hydrogens is 342 g/mol. The third kappa shape index (κ3) is 4.15. The second-order valence-corrected chi connectivity index (χ2v) is 8.55. The van der Waals surface area contributed by atoms with Crippen LogP contribution in [0.25, 0.3) is 0 Å². The maximum absolute atomic E-state index is 12.9. The number of fused-ring (bicyclic) bond motifs is 1. The fourth-order valence-electron chi connectivity index (χ4n) is 4.50. The molecule has 2 aliphatic heterocycles. The Labute approximate surface area is 159 Å². The van der Waals surface area contributed by atoms with Crippen molar-refractivity contribution in [1.29, 1.82) is 0 Å². The van der Waals surface area contributed by atoms with Crippen molar-refractivity contribution < 1.29 is 4.79 Å². The highest BCUT2D eigenvalue weighted by Gasteiger charge is 2.37. The van der Waals surface area contributed by atoms with Gasteiger partial charge < -0.3 is 4.90 Å². The number of hydrogen-bond donors (Lipinski definition) is 0. The molecular formula is C21H27N3OS. The first-order chi connectivity index (χ1) is 12.8. The summed E-state index contributed by atoms with van der Waals surface area (Å²) in [6.07, 6.45) is 8.58. The Morgan fingerprint density at radius 3 is 3.00 bits per heavy atom. The van der Waals surface area contributed by atoms with E-state index in [0.717, 1.165) is 51.0 Å². The number of thiophene rings is 1. The number of aromatic nitrogens is 1. The molecule has 0 N–H and O–H groups in total. The molecule has 2 aromatic rings. The van der Waals surface area contributed by atoms with Crippen molar-refractivity contribution in [1.82, 2.24) is 14.8 Å². The van der Waals surface area contributed by atoms with Gasteiger partial charge in [-0.2, -0.15) is 0 Å². The van der Waals surface area contributed by atoms with Crippen LogP contribution in [-0.2, 0) is 17.8 Å². The lowest BCUT2D eigenvalue weighted by atomic mass is 9.83. The molecule has 2 saturated heterocycles. The molecule has 1 amide bonds. The number of pyridine rings is 1. The zero-order valence-electron chi connectivity index (χ0n) is 15.2. The molecule has 2 aliphatic rings. The van der Waals surface area contributed by atoms with Crippen LogP contribution in [0.1, 0.15) is 36.1 Å². The Bertz CT molecular complexity index is 703.